The van der Waals surface area contributed by atoms with E-state index in [0.29, 0.717) is 48.7 Å². The van der Waals surface area contributed by atoms with E-state index in [4.69, 9.17) is 24.9 Å². The van der Waals surface area contributed by atoms with Crippen LogP contribution in [-0.2, 0) is 4.74 Å². The van der Waals surface area contributed by atoms with Gasteiger partial charge in [-0.25, -0.2) is 15.0 Å². The summed E-state index contributed by atoms with van der Waals surface area (Å²) in [5, 5.41) is 0. The van der Waals surface area contributed by atoms with Crippen molar-refractivity contribution in [1.82, 2.24) is 19.9 Å². The molecule has 4 heterocycles. The van der Waals surface area contributed by atoms with Crippen LogP contribution in [0.5, 0.6) is 11.6 Å². The third kappa shape index (κ3) is 3.14. The van der Waals surface area contributed by atoms with E-state index >= 15 is 0 Å². The van der Waals surface area contributed by atoms with E-state index in [1.165, 1.54) is 0 Å². The second kappa shape index (κ2) is 5.99. The van der Waals surface area contributed by atoms with Crippen molar-refractivity contribution >= 4 is 11.8 Å². The number of rotatable bonds is 2. The minimum Gasteiger partial charge on any atom is -0.481 e. The van der Waals surface area contributed by atoms with Crippen molar-refractivity contribution in [3.63, 3.8) is 0 Å². The monoisotopic (exact) mass is 344 g/mol. The van der Waals surface area contributed by atoms with Gasteiger partial charge in [0.15, 0.2) is 11.6 Å². The van der Waals surface area contributed by atoms with Crippen LogP contribution in [0, 0.1) is 0 Å². The molecule has 0 unspecified atom stereocenters. The van der Waals surface area contributed by atoms with Gasteiger partial charge >= 0.3 is 0 Å². The Bertz CT molecular complexity index is 774. The Labute approximate surface area is 145 Å². The first kappa shape index (κ1) is 15.8. The number of nitrogens with zero attached hydrogens (tertiary/aromatic N) is 5. The first-order valence-electron chi connectivity index (χ1n) is 8.16. The lowest BCUT2D eigenvalue weighted by Crippen LogP contribution is -2.41. The average molecular weight is 344 g/mol. The lowest BCUT2D eigenvalue weighted by Gasteiger charge is -2.35. The number of anilines is 2. The molecule has 0 spiro atoms. The summed E-state index contributed by atoms with van der Waals surface area (Å²) in [4.78, 5) is 19.4. The molecule has 0 amide bonds. The van der Waals surface area contributed by atoms with Gasteiger partial charge in [-0.05, 0) is 13.8 Å². The van der Waals surface area contributed by atoms with Crippen molar-refractivity contribution < 1.29 is 14.2 Å². The zero-order chi connectivity index (χ0) is 17.4. The van der Waals surface area contributed by atoms with E-state index < -0.39 is 5.60 Å². The molecule has 0 aromatic carbocycles. The molecule has 25 heavy (non-hydrogen) atoms. The van der Waals surface area contributed by atoms with Crippen molar-refractivity contribution in [3.8, 4) is 23.0 Å². The topological polar surface area (TPSA) is 109 Å². The maximum atomic E-state index is 6.04. The molecule has 9 nitrogen and oxygen atoms in total. The van der Waals surface area contributed by atoms with Crippen LogP contribution >= 0.6 is 0 Å². The van der Waals surface area contributed by atoms with Crippen LogP contribution in [0.3, 0.4) is 0 Å². The Balaban J connectivity index is 1.81. The van der Waals surface area contributed by atoms with Crippen LogP contribution in [0.2, 0.25) is 0 Å². The van der Waals surface area contributed by atoms with Gasteiger partial charge in [-0.15, -0.1) is 0 Å². The number of ether oxygens (including phenoxy) is 3. The van der Waals surface area contributed by atoms with E-state index in [9.17, 15) is 0 Å². The molecule has 4 rings (SSSR count). The van der Waals surface area contributed by atoms with E-state index in [2.05, 4.69) is 19.9 Å². The summed E-state index contributed by atoms with van der Waals surface area (Å²) in [6, 6.07) is 0. The van der Waals surface area contributed by atoms with Crippen LogP contribution in [0.4, 0.5) is 11.8 Å². The van der Waals surface area contributed by atoms with Gasteiger partial charge in [-0.2, -0.15) is 4.98 Å². The average Bonchev–Trinajstić information content (AvgIpc) is 2.61. The Morgan fingerprint density at radius 3 is 2.56 bits per heavy atom. The molecule has 2 aliphatic heterocycles. The Morgan fingerprint density at radius 2 is 1.84 bits per heavy atom. The van der Waals surface area contributed by atoms with Crippen LogP contribution in [-0.4, -0.2) is 58.4 Å². The van der Waals surface area contributed by atoms with Crippen molar-refractivity contribution in [2.75, 3.05) is 43.5 Å². The first-order chi connectivity index (χ1) is 12.0. The van der Waals surface area contributed by atoms with Crippen LogP contribution < -0.4 is 20.1 Å². The summed E-state index contributed by atoms with van der Waals surface area (Å²) < 4.78 is 17.4. The second-order valence-corrected chi connectivity index (χ2v) is 6.58. The van der Waals surface area contributed by atoms with Gasteiger partial charge in [-0.3, -0.25) is 0 Å². The Hall–Kier alpha value is -2.68. The summed E-state index contributed by atoms with van der Waals surface area (Å²) in [6.07, 6.45) is 3.20. The SMILES string of the molecule is CC1(C)COc2c(nc(-c3cnc(N)nc3)nc2N2CCOCC2)O1. The van der Waals surface area contributed by atoms with Crippen molar-refractivity contribution in [2.45, 2.75) is 19.4 Å². The van der Waals surface area contributed by atoms with Crippen molar-refractivity contribution in [2.24, 2.45) is 0 Å². The zero-order valence-corrected chi connectivity index (χ0v) is 14.2. The van der Waals surface area contributed by atoms with E-state index in [1.807, 2.05) is 13.8 Å². The van der Waals surface area contributed by atoms with Gasteiger partial charge < -0.3 is 24.8 Å². The molecule has 0 aliphatic carbocycles. The third-order valence-corrected chi connectivity index (χ3v) is 3.99. The highest BCUT2D eigenvalue weighted by molar-refractivity contribution is 5.65. The molecule has 132 valence electrons. The smallest absolute Gasteiger partial charge is 0.263 e. The van der Waals surface area contributed by atoms with Crippen LogP contribution in [0.1, 0.15) is 13.8 Å². The fourth-order valence-electron chi connectivity index (χ4n) is 2.72. The predicted molar refractivity (Wildman–Crippen MR) is 90.7 cm³/mol. The molecule has 9 heteroatoms. The lowest BCUT2D eigenvalue weighted by molar-refractivity contribution is 0.0160. The van der Waals surface area contributed by atoms with Crippen molar-refractivity contribution in [3.05, 3.63) is 12.4 Å². The summed E-state index contributed by atoms with van der Waals surface area (Å²) >= 11 is 0. The minimum atomic E-state index is -0.460. The predicted octanol–water partition coefficient (Wildman–Crippen LogP) is 0.902. The van der Waals surface area contributed by atoms with Gasteiger partial charge in [0.1, 0.15) is 12.2 Å². The van der Waals surface area contributed by atoms with Gasteiger partial charge in [0.25, 0.3) is 5.88 Å². The number of hydrogen-bond acceptors (Lipinski definition) is 9. The summed E-state index contributed by atoms with van der Waals surface area (Å²) in [5.41, 5.74) is 5.77. The first-order valence-corrected chi connectivity index (χ1v) is 8.16. The molecular weight excluding hydrogens is 324 g/mol. The lowest BCUT2D eigenvalue weighted by atomic mass is 10.1. The van der Waals surface area contributed by atoms with Gasteiger partial charge in [0.05, 0.1) is 18.8 Å². The number of nitrogens with two attached hydrogens (primary N) is 1. The Kier molecular flexibility index (Phi) is 3.79. The standard InChI is InChI=1S/C16H20N6O3/c1-16(2)9-24-11-13(22-3-5-23-6-4-22)20-12(21-14(11)25-16)10-7-18-15(17)19-8-10/h7-8H,3-6,9H2,1-2H3,(H2,17,18,19). The number of hydrogen-bond donors (Lipinski definition) is 1. The van der Waals surface area contributed by atoms with Gasteiger partial charge in [0, 0.05) is 25.5 Å². The normalized spacial score (nSPS) is 18.9. The third-order valence-electron chi connectivity index (χ3n) is 3.99. The molecular formula is C16H20N6O3. The number of morpholine rings is 1. The maximum absolute atomic E-state index is 6.04. The van der Waals surface area contributed by atoms with Crippen molar-refractivity contribution in [1.29, 1.82) is 0 Å². The fraction of sp³-hybridized carbons (Fsp3) is 0.500. The molecule has 2 aliphatic rings. The molecule has 0 bridgehead atoms. The molecule has 2 N–H and O–H groups in total. The highest BCUT2D eigenvalue weighted by atomic mass is 16.6. The van der Waals surface area contributed by atoms with Crippen LogP contribution in [0.25, 0.3) is 11.4 Å². The quantitative estimate of drug-likeness (QED) is 0.850. The van der Waals surface area contributed by atoms with E-state index in [1.54, 1.807) is 12.4 Å². The molecule has 0 atom stereocenters. The molecule has 1 fully saturated rings. The molecule has 2 aromatic heterocycles. The number of fused-ring (bicyclic) bond motifs is 1. The molecule has 1 saturated heterocycles. The molecule has 0 radical (unpaired) electrons. The Morgan fingerprint density at radius 1 is 1.12 bits per heavy atom. The fourth-order valence-corrected chi connectivity index (χ4v) is 2.72. The number of aromatic nitrogens is 4. The van der Waals surface area contributed by atoms with Gasteiger partial charge in [0.2, 0.25) is 11.7 Å². The number of nitrogen functional groups attached to an aromatic ring is 1. The molecule has 0 saturated carbocycles. The largest absolute Gasteiger partial charge is 0.481 e. The summed E-state index contributed by atoms with van der Waals surface area (Å²) in [7, 11) is 0. The maximum Gasteiger partial charge on any atom is 0.263 e. The second-order valence-electron chi connectivity index (χ2n) is 6.58. The minimum absolute atomic E-state index is 0.204. The summed E-state index contributed by atoms with van der Waals surface area (Å²) in [6.45, 7) is 7.10. The van der Waals surface area contributed by atoms with Gasteiger partial charge in [-0.1, -0.05) is 0 Å². The highest BCUT2D eigenvalue weighted by Crippen LogP contribution is 2.41. The summed E-state index contributed by atoms with van der Waals surface area (Å²) in [5.74, 6) is 2.38. The zero-order valence-electron chi connectivity index (χ0n) is 14.2. The van der Waals surface area contributed by atoms with Crippen LogP contribution in [0.15, 0.2) is 12.4 Å². The highest BCUT2D eigenvalue weighted by Gasteiger charge is 2.34. The molecule has 2 aromatic rings. The van der Waals surface area contributed by atoms with E-state index in [-0.39, 0.29) is 5.95 Å². The van der Waals surface area contributed by atoms with E-state index in [0.717, 1.165) is 13.1 Å².